The molecule has 2 aromatic rings. The van der Waals surface area contributed by atoms with Gasteiger partial charge in [0.2, 0.25) is 5.91 Å². The van der Waals surface area contributed by atoms with Gasteiger partial charge in [-0.3, -0.25) is 9.48 Å². The molecule has 5 nitrogen and oxygen atoms in total. The van der Waals surface area contributed by atoms with E-state index in [-0.39, 0.29) is 5.91 Å². The van der Waals surface area contributed by atoms with E-state index < -0.39 is 6.04 Å². The van der Waals surface area contributed by atoms with Crippen LogP contribution in [0.5, 0.6) is 0 Å². The molecule has 0 unspecified atom stereocenters. The smallest absolute Gasteiger partial charge is 0.241 e. The minimum atomic E-state index is -0.563. The van der Waals surface area contributed by atoms with E-state index in [1.807, 2.05) is 37.3 Å². The fourth-order valence-electron chi connectivity index (χ4n) is 1.80. The fraction of sp³-hybridized carbons (Fsp3) is 0.286. The molecule has 1 atom stereocenters. The molecule has 1 amide bonds. The molecule has 2 rings (SSSR count). The molecule has 5 heteroatoms. The number of hydrogen-bond donors (Lipinski definition) is 2. The van der Waals surface area contributed by atoms with Gasteiger partial charge in [0.1, 0.15) is 0 Å². The zero-order valence-electron chi connectivity index (χ0n) is 10.9. The van der Waals surface area contributed by atoms with Crippen LogP contribution >= 0.6 is 0 Å². The minimum Gasteiger partial charge on any atom is -0.322 e. The Bertz CT molecular complexity index is 535. The summed E-state index contributed by atoms with van der Waals surface area (Å²) in [4.78, 5) is 11.9. The van der Waals surface area contributed by atoms with Crippen molar-refractivity contribution >= 4 is 11.6 Å². The highest BCUT2D eigenvalue weighted by atomic mass is 16.2. The van der Waals surface area contributed by atoms with Crippen molar-refractivity contribution in [2.45, 2.75) is 25.9 Å². The topological polar surface area (TPSA) is 72.9 Å². The summed E-state index contributed by atoms with van der Waals surface area (Å²) >= 11 is 0. The number of benzene rings is 1. The van der Waals surface area contributed by atoms with Crippen LogP contribution in [0.1, 0.15) is 12.5 Å². The first-order valence-electron chi connectivity index (χ1n) is 6.32. The van der Waals surface area contributed by atoms with E-state index in [1.54, 1.807) is 17.1 Å². The summed E-state index contributed by atoms with van der Waals surface area (Å²) < 4.78 is 1.75. The first-order valence-corrected chi connectivity index (χ1v) is 6.32. The average molecular weight is 258 g/mol. The number of nitrogens with two attached hydrogens (primary N) is 1. The summed E-state index contributed by atoms with van der Waals surface area (Å²) in [6.45, 7) is 2.76. The van der Waals surface area contributed by atoms with Crippen LogP contribution in [0.25, 0.3) is 0 Å². The van der Waals surface area contributed by atoms with Crippen molar-refractivity contribution in [2.75, 3.05) is 5.32 Å². The molecule has 0 aliphatic heterocycles. The Balaban J connectivity index is 1.92. The van der Waals surface area contributed by atoms with Crippen molar-refractivity contribution in [1.82, 2.24) is 9.78 Å². The van der Waals surface area contributed by atoms with Gasteiger partial charge in [0.15, 0.2) is 0 Å². The number of anilines is 1. The van der Waals surface area contributed by atoms with Crippen LogP contribution in [0, 0.1) is 0 Å². The lowest BCUT2D eigenvalue weighted by atomic mass is 10.1. The molecule has 100 valence electrons. The number of aromatic nitrogens is 2. The normalized spacial score (nSPS) is 12.1. The summed E-state index contributed by atoms with van der Waals surface area (Å²) in [7, 11) is 0. The molecular weight excluding hydrogens is 240 g/mol. The Kier molecular flexibility index (Phi) is 4.30. The third-order valence-corrected chi connectivity index (χ3v) is 2.86. The highest BCUT2D eigenvalue weighted by Gasteiger charge is 2.14. The zero-order chi connectivity index (χ0) is 13.7. The molecule has 0 spiro atoms. The summed E-state index contributed by atoms with van der Waals surface area (Å²) in [5.41, 5.74) is 7.62. The molecule has 0 aliphatic carbocycles. The number of carbonyl (C=O) groups is 1. The van der Waals surface area contributed by atoms with Gasteiger partial charge in [0.05, 0.1) is 17.9 Å². The fourth-order valence-corrected chi connectivity index (χ4v) is 1.80. The van der Waals surface area contributed by atoms with Crippen molar-refractivity contribution in [2.24, 2.45) is 5.73 Å². The molecule has 19 heavy (non-hydrogen) atoms. The molecule has 1 heterocycles. The third kappa shape index (κ3) is 3.66. The van der Waals surface area contributed by atoms with E-state index in [0.717, 1.165) is 12.1 Å². The number of nitrogens with one attached hydrogen (secondary N) is 1. The number of carbonyl (C=O) groups excluding carboxylic acids is 1. The van der Waals surface area contributed by atoms with Gasteiger partial charge < -0.3 is 11.1 Å². The summed E-state index contributed by atoms with van der Waals surface area (Å²) in [6.07, 6.45) is 3.93. The van der Waals surface area contributed by atoms with Gasteiger partial charge in [-0.05, 0) is 18.9 Å². The Morgan fingerprint density at radius 1 is 1.42 bits per heavy atom. The maximum absolute atomic E-state index is 11.9. The van der Waals surface area contributed by atoms with Crippen LogP contribution in [0.4, 0.5) is 5.69 Å². The SMILES string of the molecule is CCn1cc(NC(=O)[C@H](N)Cc2ccccc2)cn1. The van der Waals surface area contributed by atoms with Crippen LogP contribution in [0.2, 0.25) is 0 Å². The first-order chi connectivity index (χ1) is 9.19. The monoisotopic (exact) mass is 258 g/mol. The molecule has 0 aliphatic rings. The Morgan fingerprint density at radius 2 is 2.16 bits per heavy atom. The number of rotatable bonds is 5. The Hall–Kier alpha value is -2.14. The molecule has 3 N–H and O–H groups in total. The van der Waals surface area contributed by atoms with Crippen LogP contribution in [-0.2, 0) is 17.8 Å². The molecule has 0 radical (unpaired) electrons. The van der Waals surface area contributed by atoms with Gasteiger partial charge in [0.25, 0.3) is 0 Å². The van der Waals surface area contributed by atoms with Gasteiger partial charge in [-0.15, -0.1) is 0 Å². The highest BCUT2D eigenvalue weighted by molar-refractivity contribution is 5.94. The number of amides is 1. The molecule has 0 bridgehead atoms. The second kappa shape index (κ2) is 6.15. The lowest BCUT2D eigenvalue weighted by Crippen LogP contribution is -2.37. The van der Waals surface area contributed by atoms with Crippen molar-refractivity contribution in [3.8, 4) is 0 Å². The highest BCUT2D eigenvalue weighted by Crippen LogP contribution is 2.07. The Labute approximate surface area is 112 Å². The quantitative estimate of drug-likeness (QED) is 0.851. The maximum Gasteiger partial charge on any atom is 0.241 e. The van der Waals surface area contributed by atoms with Gasteiger partial charge in [-0.1, -0.05) is 30.3 Å². The van der Waals surface area contributed by atoms with E-state index in [4.69, 9.17) is 5.73 Å². The molecule has 0 saturated carbocycles. The predicted octanol–water partition coefficient (Wildman–Crippen LogP) is 1.41. The van der Waals surface area contributed by atoms with Crippen LogP contribution in [0.15, 0.2) is 42.7 Å². The lowest BCUT2D eigenvalue weighted by molar-refractivity contribution is -0.117. The Morgan fingerprint density at radius 3 is 2.79 bits per heavy atom. The lowest BCUT2D eigenvalue weighted by Gasteiger charge is -2.11. The average Bonchev–Trinajstić information content (AvgIpc) is 2.87. The van der Waals surface area contributed by atoms with E-state index in [0.29, 0.717) is 12.1 Å². The summed E-state index contributed by atoms with van der Waals surface area (Å²) in [5, 5.41) is 6.86. The minimum absolute atomic E-state index is 0.195. The summed E-state index contributed by atoms with van der Waals surface area (Å²) in [5.74, 6) is -0.195. The maximum atomic E-state index is 11.9. The van der Waals surface area contributed by atoms with Crippen molar-refractivity contribution in [3.63, 3.8) is 0 Å². The van der Waals surface area contributed by atoms with Crippen LogP contribution in [0.3, 0.4) is 0 Å². The van der Waals surface area contributed by atoms with Crippen molar-refractivity contribution < 1.29 is 4.79 Å². The van der Waals surface area contributed by atoms with Crippen LogP contribution < -0.4 is 11.1 Å². The van der Waals surface area contributed by atoms with Gasteiger partial charge >= 0.3 is 0 Å². The number of hydrogen-bond acceptors (Lipinski definition) is 3. The van der Waals surface area contributed by atoms with E-state index in [9.17, 15) is 4.79 Å². The first kappa shape index (κ1) is 13.3. The summed E-state index contributed by atoms with van der Waals surface area (Å²) in [6, 6.07) is 9.17. The molecule has 1 aromatic heterocycles. The third-order valence-electron chi connectivity index (χ3n) is 2.86. The molecule has 0 fully saturated rings. The van der Waals surface area contributed by atoms with E-state index in [1.165, 1.54) is 0 Å². The molecule has 1 aromatic carbocycles. The van der Waals surface area contributed by atoms with E-state index >= 15 is 0 Å². The van der Waals surface area contributed by atoms with Gasteiger partial charge in [-0.25, -0.2) is 0 Å². The second-order valence-corrected chi connectivity index (χ2v) is 4.37. The number of nitrogens with zero attached hydrogens (tertiary/aromatic N) is 2. The van der Waals surface area contributed by atoms with Crippen molar-refractivity contribution in [1.29, 1.82) is 0 Å². The van der Waals surface area contributed by atoms with Gasteiger partial charge in [-0.2, -0.15) is 5.10 Å². The number of aryl methyl sites for hydroxylation is 1. The standard InChI is InChI=1S/C14H18N4O/c1-2-18-10-12(9-16-18)17-14(19)13(15)8-11-6-4-3-5-7-11/h3-7,9-10,13H,2,8,15H2,1H3,(H,17,19)/t13-/m1/s1. The molecule has 0 saturated heterocycles. The predicted molar refractivity (Wildman–Crippen MR) is 74.7 cm³/mol. The second-order valence-electron chi connectivity index (χ2n) is 4.37. The zero-order valence-corrected chi connectivity index (χ0v) is 10.9. The van der Waals surface area contributed by atoms with Gasteiger partial charge in [0, 0.05) is 12.7 Å². The van der Waals surface area contributed by atoms with Crippen molar-refractivity contribution in [3.05, 3.63) is 48.3 Å². The van der Waals surface area contributed by atoms with E-state index in [2.05, 4.69) is 10.4 Å². The largest absolute Gasteiger partial charge is 0.322 e. The van der Waals surface area contributed by atoms with Crippen LogP contribution in [-0.4, -0.2) is 21.7 Å². The molecular formula is C14H18N4O.